The van der Waals surface area contributed by atoms with E-state index in [1.807, 2.05) is 36.4 Å². The minimum atomic E-state index is -0.0490. The Labute approximate surface area is 132 Å². The molecule has 2 N–H and O–H groups in total. The highest BCUT2D eigenvalue weighted by atomic mass is 35.5. The van der Waals surface area contributed by atoms with Crippen molar-refractivity contribution in [3.05, 3.63) is 41.4 Å². The van der Waals surface area contributed by atoms with Gasteiger partial charge >= 0.3 is 0 Å². The van der Waals surface area contributed by atoms with Gasteiger partial charge in [0.1, 0.15) is 11.9 Å². The van der Waals surface area contributed by atoms with Crippen molar-refractivity contribution in [3.8, 4) is 5.75 Å². The van der Waals surface area contributed by atoms with Gasteiger partial charge in [-0.25, -0.2) is 0 Å². The highest BCUT2D eigenvalue weighted by Crippen LogP contribution is 2.35. The molecule has 21 heavy (non-hydrogen) atoms. The molecule has 3 heteroatoms. The van der Waals surface area contributed by atoms with Gasteiger partial charge in [-0.05, 0) is 18.6 Å². The van der Waals surface area contributed by atoms with Crippen LogP contribution in [0, 0.1) is 5.41 Å². The first-order chi connectivity index (χ1) is 9.84. The normalized spacial score (nSPS) is 15.0. The predicted octanol–water partition coefficient (Wildman–Crippen LogP) is 5.02. The molecule has 0 spiro atoms. The minimum absolute atomic E-state index is 0.000518. The summed E-state index contributed by atoms with van der Waals surface area (Å²) < 4.78 is 6.32. The van der Waals surface area contributed by atoms with Crippen LogP contribution in [-0.2, 0) is 0 Å². The molecule has 0 aliphatic heterocycles. The number of rotatable bonds is 4. The molecular formula is C18H24ClNO. The second-order valence-electron chi connectivity index (χ2n) is 6.57. The summed E-state index contributed by atoms with van der Waals surface area (Å²) in [5.41, 5.74) is 6.24. The van der Waals surface area contributed by atoms with Crippen LogP contribution in [0.5, 0.6) is 5.75 Å². The van der Waals surface area contributed by atoms with Crippen molar-refractivity contribution < 1.29 is 4.74 Å². The first kappa shape index (κ1) is 16.1. The largest absolute Gasteiger partial charge is 0.488 e. The van der Waals surface area contributed by atoms with Crippen LogP contribution in [-0.4, -0.2) is 12.1 Å². The zero-order valence-electron chi connectivity index (χ0n) is 13.2. The van der Waals surface area contributed by atoms with Gasteiger partial charge in [0.15, 0.2) is 0 Å². The molecule has 0 saturated carbocycles. The quantitative estimate of drug-likeness (QED) is 0.860. The summed E-state index contributed by atoms with van der Waals surface area (Å²) in [4.78, 5) is 0. The highest BCUT2D eigenvalue weighted by molar-refractivity contribution is 6.35. The van der Waals surface area contributed by atoms with Gasteiger partial charge in [0.25, 0.3) is 0 Å². The van der Waals surface area contributed by atoms with E-state index in [1.165, 1.54) is 0 Å². The monoisotopic (exact) mass is 305 g/mol. The number of hydrogen-bond acceptors (Lipinski definition) is 2. The fourth-order valence-corrected chi connectivity index (χ4v) is 2.82. The van der Waals surface area contributed by atoms with Gasteiger partial charge in [-0.15, -0.1) is 0 Å². The Balaban J connectivity index is 2.44. The molecule has 2 nitrogen and oxygen atoms in total. The summed E-state index contributed by atoms with van der Waals surface area (Å²) in [6, 6.07) is 11.8. The average molecular weight is 306 g/mol. The van der Waals surface area contributed by atoms with Gasteiger partial charge in [-0.3, -0.25) is 0 Å². The molecule has 0 saturated heterocycles. The van der Waals surface area contributed by atoms with Crippen LogP contribution in [0.4, 0.5) is 0 Å². The van der Waals surface area contributed by atoms with Crippen molar-refractivity contribution in [3.63, 3.8) is 0 Å². The minimum Gasteiger partial charge on any atom is -0.488 e. The molecule has 2 aromatic carbocycles. The van der Waals surface area contributed by atoms with E-state index in [9.17, 15) is 0 Å². The van der Waals surface area contributed by atoms with Crippen LogP contribution in [0.2, 0.25) is 5.02 Å². The summed E-state index contributed by atoms with van der Waals surface area (Å²) in [5.74, 6) is 0.846. The van der Waals surface area contributed by atoms with Crippen LogP contribution in [0.1, 0.15) is 34.1 Å². The van der Waals surface area contributed by atoms with E-state index in [0.717, 1.165) is 28.0 Å². The van der Waals surface area contributed by atoms with Gasteiger partial charge in [0, 0.05) is 27.3 Å². The Bertz CT molecular complexity index is 618. The highest BCUT2D eigenvalue weighted by Gasteiger charge is 2.31. The van der Waals surface area contributed by atoms with E-state index in [0.29, 0.717) is 0 Å². The third-order valence-electron chi connectivity index (χ3n) is 3.80. The summed E-state index contributed by atoms with van der Waals surface area (Å²) in [6.07, 6.45) is 0.833. The molecule has 0 aromatic heterocycles. The molecule has 2 atom stereocenters. The van der Waals surface area contributed by atoms with Crippen LogP contribution >= 0.6 is 11.6 Å². The van der Waals surface area contributed by atoms with E-state index < -0.39 is 0 Å². The van der Waals surface area contributed by atoms with E-state index in [4.69, 9.17) is 22.1 Å². The Morgan fingerprint density at radius 1 is 1.10 bits per heavy atom. The zero-order valence-corrected chi connectivity index (χ0v) is 13.9. The fraction of sp³-hybridized carbons (Fsp3) is 0.444. The van der Waals surface area contributed by atoms with Crippen LogP contribution < -0.4 is 10.5 Å². The Kier molecular flexibility index (Phi) is 4.80. The Hall–Kier alpha value is -1.25. The number of hydrogen-bond donors (Lipinski definition) is 1. The maximum absolute atomic E-state index is 6.32. The molecule has 114 valence electrons. The lowest BCUT2D eigenvalue weighted by molar-refractivity contribution is 0.0636. The number of halogens is 1. The number of nitrogens with two attached hydrogens (primary N) is 1. The molecule has 2 aromatic rings. The van der Waals surface area contributed by atoms with Crippen LogP contribution in [0.3, 0.4) is 0 Å². The lowest BCUT2D eigenvalue weighted by Crippen LogP contribution is -2.47. The topological polar surface area (TPSA) is 35.2 Å². The fourth-order valence-electron chi connectivity index (χ4n) is 2.59. The SMILES string of the molecule is CCC(N)C(Oc1ccc(Cl)c2ccccc12)C(C)(C)C. The summed E-state index contributed by atoms with van der Waals surface area (Å²) in [7, 11) is 0. The lowest BCUT2D eigenvalue weighted by Gasteiger charge is -2.35. The Morgan fingerprint density at radius 2 is 1.71 bits per heavy atom. The number of fused-ring (bicyclic) bond motifs is 1. The van der Waals surface area contributed by atoms with Gasteiger partial charge < -0.3 is 10.5 Å². The molecule has 0 heterocycles. The molecule has 2 rings (SSSR count). The van der Waals surface area contributed by atoms with Crippen molar-refractivity contribution in [1.82, 2.24) is 0 Å². The first-order valence-electron chi connectivity index (χ1n) is 7.44. The van der Waals surface area contributed by atoms with Gasteiger partial charge in [0.05, 0.1) is 0 Å². The maximum Gasteiger partial charge on any atom is 0.127 e. The van der Waals surface area contributed by atoms with Crippen molar-refractivity contribution in [2.45, 2.75) is 46.3 Å². The molecule has 2 unspecified atom stereocenters. The molecule has 0 amide bonds. The average Bonchev–Trinajstić information content (AvgIpc) is 2.45. The van der Waals surface area contributed by atoms with Gasteiger partial charge in [0.2, 0.25) is 0 Å². The molecule has 0 aliphatic carbocycles. The molecule has 0 bridgehead atoms. The smallest absolute Gasteiger partial charge is 0.127 e. The van der Waals surface area contributed by atoms with Crippen molar-refractivity contribution >= 4 is 22.4 Å². The van der Waals surface area contributed by atoms with E-state index >= 15 is 0 Å². The maximum atomic E-state index is 6.32. The molecule has 0 radical (unpaired) electrons. The third-order valence-corrected chi connectivity index (χ3v) is 4.13. The third kappa shape index (κ3) is 3.50. The second kappa shape index (κ2) is 6.25. The predicted molar refractivity (Wildman–Crippen MR) is 91.1 cm³/mol. The van der Waals surface area contributed by atoms with Gasteiger partial charge in [-0.1, -0.05) is 63.6 Å². The summed E-state index contributed by atoms with van der Waals surface area (Å²) in [5, 5.41) is 2.78. The van der Waals surface area contributed by atoms with Crippen molar-refractivity contribution in [1.29, 1.82) is 0 Å². The van der Waals surface area contributed by atoms with Crippen LogP contribution in [0.25, 0.3) is 10.8 Å². The van der Waals surface area contributed by atoms with E-state index in [1.54, 1.807) is 0 Å². The van der Waals surface area contributed by atoms with Crippen molar-refractivity contribution in [2.24, 2.45) is 11.1 Å². The molecule has 0 aliphatic rings. The summed E-state index contributed by atoms with van der Waals surface area (Å²) >= 11 is 6.27. The number of benzene rings is 2. The lowest BCUT2D eigenvalue weighted by atomic mass is 9.84. The first-order valence-corrected chi connectivity index (χ1v) is 7.82. The summed E-state index contributed by atoms with van der Waals surface area (Å²) in [6.45, 7) is 8.56. The van der Waals surface area contributed by atoms with E-state index in [-0.39, 0.29) is 17.6 Å². The van der Waals surface area contributed by atoms with E-state index in [2.05, 4.69) is 27.7 Å². The second-order valence-corrected chi connectivity index (χ2v) is 6.97. The van der Waals surface area contributed by atoms with Gasteiger partial charge in [-0.2, -0.15) is 0 Å². The zero-order chi connectivity index (χ0) is 15.6. The Morgan fingerprint density at radius 3 is 2.29 bits per heavy atom. The van der Waals surface area contributed by atoms with Crippen molar-refractivity contribution in [2.75, 3.05) is 0 Å². The van der Waals surface area contributed by atoms with Crippen LogP contribution in [0.15, 0.2) is 36.4 Å². The standard InChI is InChI=1S/C18H24ClNO/c1-5-15(20)17(18(2,3)4)21-16-11-10-14(19)12-8-6-7-9-13(12)16/h6-11,15,17H,5,20H2,1-4H3. The molecular weight excluding hydrogens is 282 g/mol. The molecule has 0 fully saturated rings. The number of ether oxygens (including phenoxy) is 1.